The second-order valence-corrected chi connectivity index (χ2v) is 4.80. The largest absolute Gasteiger partial charge is 1.00 e. The van der Waals surface area contributed by atoms with Crippen molar-refractivity contribution in [1.82, 2.24) is 0 Å². The minimum absolute atomic E-state index is 0. The van der Waals surface area contributed by atoms with Crippen LogP contribution in [0.5, 0.6) is 0 Å². The molecule has 2 rings (SSSR count). The molecular formula is C13H17ClLiOP. The molecule has 0 radical (unpaired) electrons. The summed E-state index contributed by atoms with van der Waals surface area (Å²) in [6.45, 7) is 1.86. The van der Waals surface area contributed by atoms with Gasteiger partial charge in [0.1, 0.15) is 0 Å². The molecular weight excluding hydrogens is 246 g/mol. The first kappa shape index (κ1) is 17.2. The van der Waals surface area contributed by atoms with E-state index in [4.69, 9.17) is 11.6 Å². The van der Waals surface area contributed by atoms with Crippen LogP contribution in [0.25, 0.3) is 0 Å². The smallest absolute Gasteiger partial charge is 0.328 e. The van der Waals surface area contributed by atoms with Crippen LogP contribution in [-0.4, -0.2) is 5.52 Å². The Balaban J connectivity index is 0.000000360. The first-order chi connectivity index (χ1) is 7.63. The molecule has 1 aromatic carbocycles. The molecule has 1 atom stereocenters. The van der Waals surface area contributed by atoms with Crippen molar-refractivity contribution in [3.8, 4) is 0 Å². The molecule has 0 bridgehead atoms. The summed E-state index contributed by atoms with van der Waals surface area (Å²) in [6.07, 6.45) is 8.00. The van der Waals surface area contributed by atoms with Gasteiger partial charge in [-0.15, -0.1) is 0 Å². The molecule has 1 fully saturated rings. The quantitative estimate of drug-likeness (QED) is 0.425. The van der Waals surface area contributed by atoms with Crippen molar-refractivity contribution in [1.29, 1.82) is 0 Å². The average Bonchev–Trinajstić information content (AvgIpc) is 2.74. The van der Waals surface area contributed by atoms with E-state index < -0.39 is 0 Å². The Hall–Kier alpha value is 0.207. The third-order valence-corrected chi connectivity index (χ3v) is 3.14. The summed E-state index contributed by atoms with van der Waals surface area (Å²) in [7, 11) is 2.12. The molecule has 0 aromatic heterocycles. The van der Waals surface area contributed by atoms with E-state index in [1.807, 2.05) is 19.1 Å². The summed E-state index contributed by atoms with van der Waals surface area (Å²) in [5, 5.41) is 0.519. The van der Waals surface area contributed by atoms with Crippen molar-refractivity contribution >= 4 is 26.4 Å². The standard InChI is InChI=1S/C8H8ClOP.C5H9.Li/c1-5-3-2-4-6(9)7(5)8(10)11;1-2-4-5-3-1;/h2-4H,11H2,1H3;1H,2-5H2;/q;-1;+1. The third-order valence-electron chi connectivity index (χ3n) is 2.53. The van der Waals surface area contributed by atoms with Crippen molar-refractivity contribution in [2.24, 2.45) is 0 Å². The van der Waals surface area contributed by atoms with Crippen LogP contribution in [0.4, 0.5) is 0 Å². The van der Waals surface area contributed by atoms with Gasteiger partial charge in [-0.3, -0.25) is 4.79 Å². The summed E-state index contributed by atoms with van der Waals surface area (Å²) < 4.78 is 0. The monoisotopic (exact) mass is 262 g/mol. The number of rotatable bonds is 1. The first-order valence-corrected chi connectivity index (χ1v) is 6.45. The Bertz CT molecular complexity index is 337. The van der Waals surface area contributed by atoms with Gasteiger partial charge in [-0.25, -0.2) is 0 Å². The Morgan fingerprint density at radius 2 is 1.94 bits per heavy atom. The number of carbonyl (C=O) groups is 1. The number of carbonyl (C=O) groups excluding carboxylic acids is 1. The van der Waals surface area contributed by atoms with Crippen LogP contribution in [-0.2, 0) is 0 Å². The number of halogens is 1. The van der Waals surface area contributed by atoms with Crippen molar-refractivity contribution in [2.75, 3.05) is 0 Å². The molecule has 1 unspecified atom stereocenters. The number of aryl methyl sites for hydroxylation is 1. The van der Waals surface area contributed by atoms with E-state index in [1.54, 1.807) is 6.07 Å². The van der Waals surface area contributed by atoms with E-state index in [0.29, 0.717) is 10.6 Å². The topological polar surface area (TPSA) is 17.1 Å². The maximum atomic E-state index is 11.0. The summed E-state index contributed by atoms with van der Waals surface area (Å²) in [4.78, 5) is 11.0. The van der Waals surface area contributed by atoms with E-state index in [2.05, 4.69) is 15.7 Å². The molecule has 0 aliphatic heterocycles. The first-order valence-electron chi connectivity index (χ1n) is 5.49. The average molecular weight is 263 g/mol. The van der Waals surface area contributed by atoms with Crippen molar-refractivity contribution in [2.45, 2.75) is 32.6 Å². The fourth-order valence-electron chi connectivity index (χ4n) is 1.67. The van der Waals surface area contributed by atoms with Gasteiger partial charge in [0.15, 0.2) is 5.52 Å². The SMILES string of the molecule is Cc1cccc(Cl)c1C(=O)P.[CH-]1CCCC1.[Li+]. The molecule has 1 nitrogen and oxygen atoms in total. The van der Waals surface area contributed by atoms with Gasteiger partial charge in [0, 0.05) is 5.56 Å². The van der Waals surface area contributed by atoms with Crippen LogP contribution in [0, 0.1) is 13.3 Å². The molecule has 0 saturated heterocycles. The molecule has 0 heterocycles. The van der Waals surface area contributed by atoms with E-state index in [1.165, 1.54) is 25.7 Å². The Labute approximate surface area is 123 Å². The number of benzene rings is 1. The molecule has 4 heteroatoms. The Kier molecular flexibility index (Phi) is 9.29. The van der Waals surface area contributed by atoms with Crippen molar-refractivity contribution in [3.05, 3.63) is 40.8 Å². The van der Waals surface area contributed by atoms with Crippen LogP contribution in [0.15, 0.2) is 18.2 Å². The Morgan fingerprint density at radius 3 is 2.24 bits per heavy atom. The predicted molar refractivity (Wildman–Crippen MR) is 73.0 cm³/mol. The van der Waals surface area contributed by atoms with Gasteiger partial charge in [-0.1, -0.05) is 45.8 Å². The predicted octanol–water partition coefficient (Wildman–Crippen LogP) is 1.43. The molecule has 1 saturated carbocycles. The third kappa shape index (κ3) is 6.07. The van der Waals surface area contributed by atoms with Gasteiger partial charge in [-0.05, 0) is 18.6 Å². The van der Waals surface area contributed by atoms with Crippen LogP contribution in [0.1, 0.15) is 41.6 Å². The maximum absolute atomic E-state index is 11.0. The number of hydrogen-bond acceptors (Lipinski definition) is 1. The molecule has 1 aliphatic carbocycles. The van der Waals surface area contributed by atoms with Gasteiger partial charge in [0.25, 0.3) is 0 Å². The zero-order valence-corrected chi connectivity index (χ0v) is 12.4. The summed E-state index contributed by atoms with van der Waals surface area (Å²) in [6, 6.07) is 5.41. The second kappa shape index (κ2) is 9.18. The molecule has 1 aromatic rings. The second-order valence-electron chi connectivity index (χ2n) is 3.87. The molecule has 0 amide bonds. The normalized spacial score (nSPS) is 13.4. The molecule has 88 valence electrons. The molecule has 0 N–H and O–H groups in total. The van der Waals surface area contributed by atoms with E-state index in [9.17, 15) is 4.79 Å². The Morgan fingerprint density at radius 1 is 1.35 bits per heavy atom. The van der Waals surface area contributed by atoms with Crippen LogP contribution < -0.4 is 18.9 Å². The van der Waals surface area contributed by atoms with E-state index in [-0.39, 0.29) is 24.4 Å². The van der Waals surface area contributed by atoms with Crippen LogP contribution >= 0.6 is 20.8 Å². The zero-order chi connectivity index (χ0) is 12.0. The van der Waals surface area contributed by atoms with Crippen molar-refractivity contribution in [3.63, 3.8) is 0 Å². The number of hydrogen-bond donors (Lipinski definition) is 0. The van der Waals surface area contributed by atoms with Gasteiger partial charge in [-0.2, -0.15) is 12.8 Å². The summed E-state index contributed by atoms with van der Waals surface area (Å²) in [5.74, 6) is 0. The van der Waals surface area contributed by atoms with Gasteiger partial charge in [0.05, 0.1) is 5.02 Å². The molecule has 17 heavy (non-hydrogen) atoms. The van der Waals surface area contributed by atoms with E-state index in [0.717, 1.165) is 5.56 Å². The van der Waals surface area contributed by atoms with Crippen LogP contribution in [0.2, 0.25) is 5.02 Å². The van der Waals surface area contributed by atoms with Crippen LogP contribution in [0.3, 0.4) is 0 Å². The molecule has 1 aliphatic rings. The minimum Gasteiger partial charge on any atom is -0.328 e. The maximum Gasteiger partial charge on any atom is 1.00 e. The summed E-state index contributed by atoms with van der Waals surface area (Å²) in [5.41, 5.74) is 1.45. The zero-order valence-electron chi connectivity index (χ0n) is 10.5. The van der Waals surface area contributed by atoms with Gasteiger partial charge < -0.3 is 6.42 Å². The van der Waals surface area contributed by atoms with Gasteiger partial charge in [0.2, 0.25) is 0 Å². The van der Waals surface area contributed by atoms with E-state index >= 15 is 0 Å². The minimum atomic E-state index is -0.0619. The van der Waals surface area contributed by atoms with Gasteiger partial charge >= 0.3 is 18.9 Å². The summed E-state index contributed by atoms with van der Waals surface area (Å²) >= 11 is 5.79. The molecule has 0 spiro atoms. The van der Waals surface area contributed by atoms with Crippen molar-refractivity contribution < 1.29 is 23.7 Å². The fourth-order valence-corrected chi connectivity index (χ4v) is 2.46. The fraction of sp³-hybridized carbons (Fsp3) is 0.385.